The number of carboxylic acid groups (broad SMARTS) is 1. The second-order valence-corrected chi connectivity index (χ2v) is 15.7. The van der Waals surface area contributed by atoms with Crippen molar-refractivity contribution in [2.24, 2.45) is 5.73 Å². The third-order valence-corrected chi connectivity index (χ3v) is 9.85. The second-order valence-electron chi connectivity index (χ2n) is 13.4. The topological polar surface area (TPSA) is 205 Å². The summed E-state index contributed by atoms with van der Waals surface area (Å²) in [5.41, 5.74) is 6.45. The minimum atomic E-state index is -0.985. The first kappa shape index (κ1) is 43.1. The number of nitrogens with one attached hydrogen (secondary N) is 1. The number of rotatable bonds is 11. The Kier molecular flexibility index (Phi) is 16.9. The van der Waals surface area contributed by atoms with Gasteiger partial charge in [0, 0.05) is 64.3 Å². The second kappa shape index (κ2) is 20.8. The van der Waals surface area contributed by atoms with Crippen LogP contribution in [-0.2, 0) is 23.9 Å². The molecule has 1 aromatic heterocycles. The van der Waals surface area contributed by atoms with Gasteiger partial charge in [-0.2, -0.15) is 0 Å². The molecule has 4 N–H and O–H groups in total. The summed E-state index contributed by atoms with van der Waals surface area (Å²) in [5, 5.41) is 12.2. The van der Waals surface area contributed by atoms with Crippen molar-refractivity contribution in [3.8, 4) is 10.6 Å². The number of amides is 5. The van der Waals surface area contributed by atoms with Crippen molar-refractivity contribution in [1.82, 2.24) is 29.9 Å². The smallest absolute Gasteiger partial charge is 0.409 e. The number of halogens is 1. The fraction of sp³-hybridized carbons (Fsp3) is 0.571. The molecule has 53 heavy (non-hydrogen) atoms. The van der Waals surface area contributed by atoms with Crippen molar-refractivity contribution < 1.29 is 43.3 Å². The van der Waals surface area contributed by atoms with E-state index in [4.69, 9.17) is 20.3 Å². The van der Waals surface area contributed by atoms with Gasteiger partial charge in [0.25, 0.3) is 5.91 Å². The highest BCUT2D eigenvalue weighted by molar-refractivity contribution is 9.11. The minimum Gasteiger partial charge on any atom is -0.465 e. The van der Waals surface area contributed by atoms with E-state index in [1.165, 1.54) is 16.2 Å². The monoisotopic (exact) mass is 823 g/mol. The van der Waals surface area contributed by atoms with Crippen molar-refractivity contribution >= 4 is 63.1 Å². The molecule has 5 amide bonds. The largest absolute Gasteiger partial charge is 0.465 e. The summed E-state index contributed by atoms with van der Waals surface area (Å²) in [7, 11) is 0. The van der Waals surface area contributed by atoms with Gasteiger partial charge in [-0.25, -0.2) is 14.6 Å². The zero-order valence-electron chi connectivity index (χ0n) is 30.7. The van der Waals surface area contributed by atoms with Gasteiger partial charge in [0.1, 0.15) is 14.4 Å². The van der Waals surface area contributed by atoms with Crippen LogP contribution in [0, 0.1) is 0 Å². The molecule has 1 atom stereocenters. The minimum absolute atomic E-state index is 0.0826. The standard InChI is InChI=1S/C21H25BrN4O4S.C14H25N3O5/c1-2-3-13-30-21(29)26-11-9-25(10-12-26)16(27)14-23-19(28)17-18(22)31-20(24-17)15-7-5-4-6-8-15;1-14(2,3)22-11(18)5-4-10(15)12(19)16-6-8-17(9-7-16)13(20)21/h4-8H,2-3,9-14H2,1H3,(H,23,28);10H,4-9,15H2,1-3H3,(H,20,21)/t;10-/m.0/s1. The van der Waals surface area contributed by atoms with Crippen LogP contribution in [0.25, 0.3) is 10.6 Å². The third-order valence-electron chi connectivity index (χ3n) is 8.09. The fourth-order valence-corrected chi connectivity index (χ4v) is 6.70. The molecule has 1 aromatic carbocycles. The van der Waals surface area contributed by atoms with Gasteiger partial charge in [0.15, 0.2) is 5.69 Å². The van der Waals surface area contributed by atoms with Gasteiger partial charge < -0.3 is 45.2 Å². The molecule has 0 unspecified atom stereocenters. The molecule has 2 saturated heterocycles. The molecule has 292 valence electrons. The van der Waals surface area contributed by atoms with Crippen LogP contribution >= 0.6 is 27.3 Å². The van der Waals surface area contributed by atoms with Crippen molar-refractivity contribution in [2.45, 2.75) is 65.0 Å². The Hall–Kier alpha value is -4.29. The fourth-order valence-electron chi connectivity index (χ4n) is 5.17. The number of carbonyl (C=O) groups excluding carboxylic acids is 5. The van der Waals surface area contributed by atoms with E-state index in [0.717, 1.165) is 23.4 Å². The maximum atomic E-state index is 12.5. The van der Waals surface area contributed by atoms with Crippen LogP contribution in [0.2, 0.25) is 0 Å². The lowest BCUT2D eigenvalue weighted by molar-refractivity contribution is -0.155. The highest BCUT2D eigenvalue weighted by atomic mass is 79.9. The zero-order valence-corrected chi connectivity index (χ0v) is 33.1. The molecule has 0 radical (unpaired) electrons. The molecule has 0 bridgehead atoms. The number of hydrogen-bond acceptors (Lipinski definition) is 11. The normalized spacial score (nSPS) is 15.1. The van der Waals surface area contributed by atoms with Crippen LogP contribution in [0.1, 0.15) is 63.9 Å². The van der Waals surface area contributed by atoms with E-state index in [9.17, 15) is 28.8 Å². The Bertz CT molecular complexity index is 1550. The number of nitrogens with zero attached hydrogens (tertiary/aromatic N) is 5. The predicted octanol–water partition coefficient (Wildman–Crippen LogP) is 3.64. The van der Waals surface area contributed by atoms with Crippen molar-refractivity contribution in [1.29, 1.82) is 0 Å². The molecule has 2 aromatic rings. The molecule has 0 saturated carbocycles. The molecular weight excluding hydrogens is 774 g/mol. The van der Waals surface area contributed by atoms with E-state index in [0.29, 0.717) is 49.7 Å². The molecule has 0 aliphatic carbocycles. The molecule has 2 fully saturated rings. The molecule has 0 spiro atoms. The highest BCUT2D eigenvalue weighted by Crippen LogP contribution is 2.31. The van der Waals surface area contributed by atoms with Gasteiger partial charge in [-0.3, -0.25) is 19.2 Å². The molecule has 2 aliphatic rings. The van der Waals surface area contributed by atoms with Gasteiger partial charge in [0.05, 0.1) is 19.2 Å². The number of thiazole rings is 1. The van der Waals surface area contributed by atoms with Crippen LogP contribution in [0.4, 0.5) is 9.59 Å². The first-order chi connectivity index (χ1) is 25.1. The summed E-state index contributed by atoms with van der Waals surface area (Å²) in [4.78, 5) is 82.0. The number of aromatic nitrogens is 1. The van der Waals surface area contributed by atoms with Gasteiger partial charge in [-0.1, -0.05) is 43.7 Å². The van der Waals surface area contributed by atoms with Crippen molar-refractivity contribution in [3.05, 3.63) is 39.8 Å². The Labute approximate surface area is 322 Å². The van der Waals surface area contributed by atoms with Crippen LogP contribution in [0.15, 0.2) is 34.1 Å². The Morgan fingerprint density at radius 3 is 2.11 bits per heavy atom. The lowest BCUT2D eigenvalue weighted by Gasteiger charge is -2.34. The summed E-state index contributed by atoms with van der Waals surface area (Å²) in [6.07, 6.45) is 0.780. The number of hydrogen-bond donors (Lipinski definition) is 3. The van der Waals surface area contributed by atoms with Crippen LogP contribution < -0.4 is 11.1 Å². The van der Waals surface area contributed by atoms with Crippen LogP contribution in [-0.4, -0.2) is 143 Å². The number of nitrogens with two attached hydrogens (primary N) is 1. The van der Waals surface area contributed by atoms with Crippen LogP contribution in [0.5, 0.6) is 0 Å². The van der Waals surface area contributed by atoms with Gasteiger partial charge in [-0.05, 0) is 49.5 Å². The van der Waals surface area contributed by atoms with E-state index in [1.54, 1.807) is 35.5 Å². The average Bonchev–Trinajstić information content (AvgIpc) is 3.54. The average molecular weight is 825 g/mol. The quantitative estimate of drug-likeness (QED) is 0.221. The zero-order chi connectivity index (χ0) is 39.1. The number of unbranched alkanes of at least 4 members (excludes halogenated alkanes) is 1. The first-order valence-electron chi connectivity index (χ1n) is 17.5. The van der Waals surface area contributed by atoms with E-state index in [1.807, 2.05) is 37.3 Å². The molecular formula is C35H50BrN7O9S. The maximum absolute atomic E-state index is 12.5. The van der Waals surface area contributed by atoms with Gasteiger partial charge in [-0.15, -0.1) is 11.3 Å². The first-order valence-corrected chi connectivity index (χ1v) is 19.1. The van der Waals surface area contributed by atoms with E-state index in [-0.39, 0.29) is 62.0 Å². The van der Waals surface area contributed by atoms with E-state index >= 15 is 0 Å². The summed E-state index contributed by atoms with van der Waals surface area (Å²) in [5.74, 6) is -1.24. The lowest BCUT2D eigenvalue weighted by Crippen LogP contribution is -2.54. The number of benzene rings is 1. The predicted molar refractivity (Wildman–Crippen MR) is 201 cm³/mol. The van der Waals surface area contributed by atoms with Crippen LogP contribution in [0.3, 0.4) is 0 Å². The van der Waals surface area contributed by atoms with E-state index < -0.39 is 23.6 Å². The third kappa shape index (κ3) is 14.2. The van der Waals surface area contributed by atoms with Gasteiger partial charge in [0.2, 0.25) is 11.8 Å². The summed E-state index contributed by atoms with van der Waals surface area (Å²) >= 11 is 4.76. The van der Waals surface area contributed by atoms with E-state index in [2.05, 4.69) is 26.2 Å². The number of ether oxygens (including phenoxy) is 2. The lowest BCUT2D eigenvalue weighted by atomic mass is 10.1. The molecule has 4 rings (SSSR count). The molecule has 2 aliphatic heterocycles. The maximum Gasteiger partial charge on any atom is 0.409 e. The Morgan fingerprint density at radius 2 is 1.53 bits per heavy atom. The number of piperazine rings is 2. The highest BCUT2D eigenvalue weighted by Gasteiger charge is 2.28. The summed E-state index contributed by atoms with van der Waals surface area (Å²) < 4.78 is 11.0. The summed E-state index contributed by atoms with van der Waals surface area (Å²) in [6, 6.07) is 8.82. The Balaban J connectivity index is 0.000000304. The number of carbonyl (C=O) groups is 6. The van der Waals surface area contributed by atoms with Crippen molar-refractivity contribution in [2.75, 3.05) is 65.5 Å². The SMILES string of the molecule is CC(C)(C)OC(=O)CC[C@H](N)C(=O)N1CCN(C(=O)O)CC1.CCCCOC(=O)N1CCN(C(=O)CNC(=O)c2nc(-c3ccccc3)sc2Br)CC1. The van der Waals surface area contributed by atoms with Gasteiger partial charge >= 0.3 is 18.2 Å². The molecule has 18 heteroatoms. The number of esters is 1. The molecule has 3 heterocycles. The Morgan fingerprint density at radius 1 is 0.943 bits per heavy atom. The van der Waals surface area contributed by atoms with Crippen molar-refractivity contribution in [3.63, 3.8) is 0 Å². The molecule has 16 nitrogen and oxygen atoms in total. The summed E-state index contributed by atoms with van der Waals surface area (Å²) in [6.45, 7) is 10.5.